The lowest BCUT2D eigenvalue weighted by Gasteiger charge is -2.34. The van der Waals surface area contributed by atoms with E-state index in [0.29, 0.717) is 24.0 Å². The predicted molar refractivity (Wildman–Crippen MR) is 104 cm³/mol. The quantitative estimate of drug-likeness (QED) is 0.801. The van der Waals surface area contributed by atoms with Gasteiger partial charge in [0.05, 0.1) is 0 Å². The van der Waals surface area contributed by atoms with Crippen LogP contribution >= 0.6 is 0 Å². The van der Waals surface area contributed by atoms with E-state index < -0.39 is 0 Å². The number of hydrogen-bond donors (Lipinski definition) is 1. The first-order chi connectivity index (χ1) is 13.2. The van der Waals surface area contributed by atoms with Crippen molar-refractivity contribution in [1.82, 2.24) is 10.2 Å². The van der Waals surface area contributed by atoms with Gasteiger partial charge in [0.2, 0.25) is 0 Å². The van der Waals surface area contributed by atoms with Gasteiger partial charge >= 0.3 is 0 Å². The van der Waals surface area contributed by atoms with Gasteiger partial charge in [0.25, 0.3) is 5.91 Å². The van der Waals surface area contributed by atoms with Crippen LogP contribution < -0.4 is 10.1 Å². The summed E-state index contributed by atoms with van der Waals surface area (Å²) in [6.45, 7) is 5.09. The molecule has 1 amide bonds. The highest BCUT2D eigenvalue weighted by molar-refractivity contribution is 5.94. The van der Waals surface area contributed by atoms with Crippen molar-refractivity contribution in [2.75, 3.05) is 19.6 Å². The molecule has 1 aliphatic heterocycles. The van der Waals surface area contributed by atoms with E-state index in [0.717, 1.165) is 44.5 Å². The summed E-state index contributed by atoms with van der Waals surface area (Å²) in [4.78, 5) is 15.1. The van der Waals surface area contributed by atoms with Gasteiger partial charge in [0.1, 0.15) is 18.2 Å². The molecule has 4 nitrogen and oxygen atoms in total. The number of piperidine rings is 1. The fourth-order valence-electron chi connectivity index (χ4n) is 3.49. The highest BCUT2D eigenvalue weighted by Gasteiger charge is 2.25. The van der Waals surface area contributed by atoms with E-state index in [1.54, 1.807) is 12.1 Å². The average molecular weight is 370 g/mol. The van der Waals surface area contributed by atoms with E-state index in [1.165, 1.54) is 12.1 Å². The summed E-state index contributed by atoms with van der Waals surface area (Å²) in [6.07, 6.45) is 2.93. The molecule has 1 aliphatic rings. The molecule has 0 aliphatic carbocycles. The van der Waals surface area contributed by atoms with Crippen LogP contribution in [0.25, 0.3) is 0 Å². The molecule has 2 aromatic rings. The van der Waals surface area contributed by atoms with Crippen molar-refractivity contribution >= 4 is 5.91 Å². The van der Waals surface area contributed by atoms with Crippen LogP contribution in [0.5, 0.6) is 5.75 Å². The van der Waals surface area contributed by atoms with Gasteiger partial charge in [0.15, 0.2) is 0 Å². The molecule has 0 spiro atoms. The first-order valence-corrected chi connectivity index (χ1v) is 9.66. The fourth-order valence-corrected chi connectivity index (χ4v) is 3.49. The van der Waals surface area contributed by atoms with E-state index >= 15 is 0 Å². The molecule has 2 aromatic carbocycles. The minimum atomic E-state index is -0.325. The highest BCUT2D eigenvalue weighted by Crippen LogP contribution is 2.19. The Morgan fingerprint density at radius 1 is 1.19 bits per heavy atom. The number of nitrogens with zero attached hydrogens (tertiary/aromatic N) is 1. The van der Waals surface area contributed by atoms with Crippen molar-refractivity contribution < 1.29 is 13.9 Å². The molecule has 3 rings (SSSR count). The Kier molecular flexibility index (Phi) is 6.82. The fraction of sp³-hybridized carbons (Fsp3) is 0.409. The summed E-state index contributed by atoms with van der Waals surface area (Å²) < 4.78 is 18.9. The molecule has 0 unspecified atom stereocenters. The summed E-state index contributed by atoms with van der Waals surface area (Å²) >= 11 is 0. The molecule has 0 aromatic heterocycles. The summed E-state index contributed by atoms with van der Waals surface area (Å²) in [6, 6.07) is 13.9. The Morgan fingerprint density at radius 3 is 2.70 bits per heavy atom. The molecular formula is C22H27FN2O2. The minimum Gasteiger partial charge on any atom is -0.489 e. The van der Waals surface area contributed by atoms with Crippen LogP contribution in [0.4, 0.5) is 4.39 Å². The van der Waals surface area contributed by atoms with Crippen LogP contribution in [-0.2, 0) is 6.61 Å². The maximum absolute atomic E-state index is 13.3. The highest BCUT2D eigenvalue weighted by atomic mass is 19.1. The Morgan fingerprint density at radius 2 is 1.96 bits per heavy atom. The number of carbonyl (C=O) groups excluding carboxylic acids is 1. The number of rotatable bonds is 7. The molecule has 1 N–H and O–H groups in total. The number of nitrogens with one attached hydrogen (secondary N) is 1. The number of carbonyl (C=O) groups is 1. The van der Waals surface area contributed by atoms with Crippen LogP contribution in [0.1, 0.15) is 42.1 Å². The normalized spacial score (nSPS) is 14.7. The summed E-state index contributed by atoms with van der Waals surface area (Å²) in [5, 5.41) is 3.35. The van der Waals surface area contributed by atoms with Gasteiger partial charge in [-0.1, -0.05) is 25.1 Å². The molecule has 5 heteroatoms. The van der Waals surface area contributed by atoms with Crippen LogP contribution in [0.3, 0.4) is 0 Å². The molecule has 1 saturated heterocycles. The van der Waals surface area contributed by atoms with Gasteiger partial charge in [-0.25, -0.2) is 4.39 Å². The lowest BCUT2D eigenvalue weighted by molar-refractivity contribution is 0.0642. The SMILES string of the molecule is CCCN(C(=O)c1cccc(COc2cccc(F)c2)c1)C1CCNCC1. The van der Waals surface area contributed by atoms with E-state index in [1.807, 2.05) is 29.2 Å². The van der Waals surface area contributed by atoms with Gasteiger partial charge in [-0.05, 0) is 62.2 Å². The minimum absolute atomic E-state index is 0.0800. The third-order valence-corrected chi connectivity index (χ3v) is 4.85. The van der Waals surface area contributed by atoms with Crippen LogP contribution in [0.2, 0.25) is 0 Å². The molecule has 0 atom stereocenters. The zero-order valence-corrected chi connectivity index (χ0v) is 15.8. The number of halogens is 1. The van der Waals surface area contributed by atoms with Gasteiger partial charge in [-0.2, -0.15) is 0 Å². The van der Waals surface area contributed by atoms with E-state index in [2.05, 4.69) is 12.2 Å². The first-order valence-electron chi connectivity index (χ1n) is 9.66. The van der Waals surface area contributed by atoms with Crippen molar-refractivity contribution in [2.45, 2.75) is 38.8 Å². The van der Waals surface area contributed by atoms with Crippen LogP contribution in [0.15, 0.2) is 48.5 Å². The van der Waals surface area contributed by atoms with Gasteiger partial charge in [-0.15, -0.1) is 0 Å². The average Bonchev–Trinajstić information content (AvgIpc) is 2.71. The Bertz CT molecular complexity index is 759. The van der Waals surface area contributed by atoms with E-state index in [-0.39, 0.29) is 11.7 Å². The molecule has 0 saturated carbocycles. The molecule has 144 valence electrons. The maximum atomic E-state index is 13.3. The van der Waals surface area contributed by atoms with Crippen molar-refractivity contribution in [3.8, 4) is 5.75 Å². The largest absolute Gasteiger partial charge is 0.489 e. The second kappa shape index (κ2) is 9.51. The van der Waals surface area contributed by atoms with Crippen LogP contribution in [0, 0.1) is 5.82 Å². The molecule has 27 heavy (non-hydrogen) atoms. The lowest BCUT2D eigenvalue weighted by Crippen LogP contribution is -2.46. The summed E-state index contributed by atoms with van der Waals surface area (Å²) in [5.41, 5.74) is 1.58. The maximum Gasteiger partial charge on any atom is 0.254 e. The molecule has 0 radical (unpaired) electrons. The van der Waals surface area contributed by atoms with Gasteiger partial charge in [-0.3, -0.25) is 4.79 Å². The van der Waals surface area contributed by atoms with Crippen molar-refractivity contribution in [1.29, 1.82) is 0 Å². The van der Waals surface area contributed by atoms with Gasteiger partial charge < -0.3 is 15.0 Å². The second-order valence-corrected chi connectivity index (χ2v) is 6.93. The lowest BCUT2D eigenvalue weighted by atomic mass is 10.0. The van der Waals surface area contributed by atoms with E-state index in [4.69, 9.17) is 4.74 Å². The van der Waals surface area contributed by atoms with Gasteiger partial charge in [0, 0.05) is 24.2 Å². The van der Waals surface area contributed by atoms with E-state index in [9.17, 15) is 9.18 Å². The molecule has 0 bridgehead atoms. The third-order valence-electron chi connectivity index (χ3n) is 4.85. The number of amides is 1. The van der Waals surface area contributed by atoms with Crippen molar-refractivity contribution in [3.05, 3.63) is 65.5 Å². The standard InChI is InChI=1S/C22H27FN2O2/c1-2-13-25(20-9-11-24-12-10-20)22(26)18-6-3-5-17(14-18)16-27-21-8-4-7-19(23)15-21/h3-8,14-15,20,24H,2,9-13,16H2,1H3. The monoisotopic (exact) mass is 370 g/mol. The van der Waals surface area contributed by atoms with Crippen LogP contribution in [-0.4, -0.2) is 36.5 Å². The second-order valence-electron chi connectivity index (χ2n) is 6.93. The first kappa shape index (κ1) is 19.4. The zero-order chi connectivity index (χ0) is 19.1. The molecular weight excluding hydrogens is 343 g/mol. The number of hydrogen-bond acceptors (Lipinski definition) is 3. The van der Waals surface area contributed by atoms with Crippen molar-refractivity contribution in [3.63, 3.8) is 0 Å². The molecule has 1 heterocycles. The Hall–Kier alpha value is -2.40. The number of ether oxygens (including phenoxy) is 1. The van der Waals surface area contributed by atoms with Crippen molar-refractivity contribution in [2.24, 2.45) is 0 Å². The third kappa shape index (κ3) is 5.30. The number of benzene rings is 2. The molecule has 1 fully saturated rings. The Labute approximate surface area is 160 Å². The topological polar surface area (TPSA) is 41.6 Å². The predicted octanol–water partition coefficient (Wildman–Crippen LogP) is 4.01. The summed E-state index contributed by atoms with van der Waals surface area (Å²) in [7, 11) is 0. The smallest absolute Gasteiger partial charge is 0.254 e. The zero-order valence-electron chi connectivity index (χ0n) is 15.8. The summed E-state index contributed by atoms with van der Waals surface area (Å²) in [5.74, 6) is 0.235. The Balaban J connectivity index is 1.69.